The summed E-state index contributed by atoms with van der Waals surface area (Å²) in [7, 11) is 0. The lowest BCUT2D eigenvalue weighted by molar-refractivity contribution is -0.144. The lowest BCUT2D eigenvalue weighted by Crippen LogP contribution is -2.34. The molecule has 1 N–H and O–H groups in total. The second-order valence-electron chi connectivity index (χ2n) is 5.32. The first-order chi connectivity index (χ1) is 11.9. The third-order valence-corrected chi connectivity index (χ3v) is 4.22. The molecule has 1 fully saturated rings. The smallest absolute Gasteiger partial charge is 0.414 e. The summed E-state index contributed by atoms with van der Waals surface area (Å²) < 4.78 is 9.97. The molecule has 0 aliphatic carbocycles. The van der Waals surface area contributed by atoms with Crippen LogP contribution in [0, 0.1) is 0 Å². The first-order valence-corrected chi connectivity index (χ1v) is 8.51. The van der Waals surface area contributed by atoms with Crippen molar-refractivity contribution in [1.82, 2.24) is 5.32 Å². The van der Waals surface area contributed by atoms with E-state index in [1.165, 1.54) is 4.90 Å². The van der Waals surface area contributed by atoms with Gasteiger partial charge < -0.3 is 14.8 Å². The van der Waals surface area contributed by atoms with Gasteiger partial charge in [0.1, 0.15) is 6.10 Å². The van der Waals surface area contributed by atoms with Crippen molar-refractivity contribution in [1.29, 1.82) is 0 Å². The quantitative estimate of drug-likeness (QED) is 0.725. The predicted molar refractivity (Wildman–Crippen MR) is 93.0 cm³/mol. The van der Waals surface area contributed by atoms with Crippen molar-refractivity contribution in [2.75, 3.05) is 24.6 Å². The van der Waals surface area contributed by atoms with Crippen molar-refractivity contribution in [3.8, 4) is 0 Å². The maximum atomic E-state index is 12.0. The summed E-state index contributed by atoms with van der Waals surface area (Å²) >= 11 is 11.8. The molecule has 136 valence electrons. The summed E-state index contributed by atoms with van der Waals surface area (Å²) in [5.74, 6) is -0.729. The van der Waals surface area contributed by atoms with Crippen LogP contribution in [0.3, 0.4) is 0 Å². The standard InChI is InChI=1S/C16H18Cl2N2O5/c1-2-24-15(22)6-5-14(21)19-8-11-9-20(16(23)25-11)10-3-4-12(17)13(18)7-10/h3-4,7,11H,2,5-6,8-9H2,1H3,(H,19,21)/t11-/m0/s1. The van der Waals surface area contributed by atoms with E-state index >= 15 is 0 Å². The third kappa shape index (κ3) is 5.51. The number of benzene rings is 1. The Morgan fingerprint density at radius 3 is 2.76 bits per heavy atom. The third-order valence-electron chi connectivity index (χ3n) is 3.48. The lowest BCUT2D eigenvalue weighted by atomic mass is 10.2. The van der Waals surface area contributed by atoms with E-state index in [9.17, 15) is 14.4 Å². The van der Waals surface area contributed by atoms with Crippen LogP contribution in [0.1, 0.15) is 19.8 Å². The van der Waals surface area contributed by atoms with Crippen LogP contribution in [-0.4, -0.2) is 43.8 Å². The first-order valence-electron chi connectivity index (χ1n) is 7.76. The molecule has 9 heteroatoms. The second kappa shape index (κ2) is 8.92. The molecule has 1 atom stereocenters. The highest BCUT2D eigenvalue weighted by Gasteiger charge is 2.32. The van der Waals surface area contributed by atoms with Gasteiger partial charge in [-0.05, 0) is 25.1 Å². The normalized spacial score (nSPS) is 16.5. The van der Waals surface area contributed by atoms with Crippen LogP contribution in [0.15, 0.2) is 18.2 Å². The molecule has 1 saturated heterocycles. The molecular formula is C16H18Cl2N2O5. The number of cyclic esters (lactones) is 1. The first kappa shape index (κ1) is 19.3. The lowest BCUT2D eigenvalue weighted by Gasteiger charge is -2.13. The van der Waals surface area contributed by atoms with E-state index in [1.54, 1.807) is 25.1 Å². The summed E-state index contributed by atoms with van der Waals surface area (Å²) in [5.41, 5.74) is 0.565. The van der Waals surface area contributed by atoms with Crippen LogP contribution in [0.5, 0.6) is 0 Å². The number of anilines is 1. The second-order valence-corrected chi connectivity index (χ2v) is 6.14. The van der Waals surface area contributed by atoms with Gasteiger partial charge in [0.05, 0.1) is 36.2 Å². The molecule has 1 aromatic rings. The fraction of sp³-hybridized carbons (Fsp3) is 0.438. The van der Waals surface area contributed by atoms with Crippen LogP contribution < -0.4 is 10.2 Å². The average Bonchev–Trinajstić information content (AvgIpc) is 2.95. The van der Waals surface area contributed by atoms with Gasteiger partial charge in [-0.2, -0.15) is 0 Å². The van der Waals surface area contributed by atoms with Gasteiger partial charge in [-0.25, -0.2) is 4.79 Å². The molecule has 0 aromatic heterocycles. The van der Waals surface area contributed by atoms with Crippen molar-refractivity contribution in [3.63, 3.8) is 0 Å². The van der Waals surface area contributed by atoms with Crippen LogP contribution in [0.25, 0.3) is 0 Å². The zero-order valence-electron chi connectivity index (χ0n) is 13.6. The summed E-state index contributed by atoms with van der Waals surface area (Å²) in [6.07, 6.45) is -0.979. The van der Waals surface area contributed by atoms with Crippen molar-refractivity contribution in [3.05, 3.63) is 28.2 Å². The average molecular weight is 389 g/mol. The van der Waals surface area contributed by atoms with Gasteiger partial charge in [0, 0.05) is 12.1 Å². The monoisotopic (exact) mass is 388 g/mol. The molecule has 7 nitrogen and oxygen atoms in total. The molecule has 1 heterocycles. The van der Waals surface area contributed by atoms with Crippen molar-refractivity contribution in [2.45, 2.75) is 25.9 Å². The van der Waals surface area contributed by atoms with Gasteiger partial charge in [0.15, 0.2) is 0 Å². The number of hydrogen-bond acceptors (Lipinski definition) is 5. The summed E-state index contributed by atoms with van der Waals surface area (Å²) in [6, 6.07) is 4.83. The Morgan fingerprint density at radius 1 is 1.32 bits per heavy atom. The zero-order chi connectivity index (χ0) is 18.4. The number of ether oxygens (including phenoxy) is 2. The Hall–Kier alpha value is -1.99. The van der Waals surface area contributed by atoms with Crippen LogP contribution in [0.4, 0.5) is 10.5 Å². The van der Waals surface area contributed by atoms with E-state index in [-0.39, 0.29) is 38.4 Å². The van der Waals surface area contributed by atoms with Crippen molar-refractivity contribution >= 4 is 46.9 Å². The van der Waals surface area contributed by atoms with E-state index in [2.05, 4.69) is 5.32 Å². The molecule has 1 aliphatic rings. The molecule has 2 amide bonds. The molecular weight excluding hydrogens is 371 g/mol. The van der Waals surface area contributed by atoms with Crippen LogP contribution in [-0.2, 0) is 19.1 Å². The number of rotatable bonds is 7. The zero-order valence-corrected chi connectivity index (χ0v) is 15.1. The van der Waals surface area contributed by atoms with Crippen molar-refractivity contribution < 1.29 is 23.9 Å². The SMILES string of the molecule is CCOC(=O)CCC(=O)NC[C@H]1CN(c2ccc(Cl)c(Cl)c2)C(=O)O1. The highest BCUT2D eigenvalue weighted by atomic mass is 35.5. The molecule has 1 aromatic carbocycles. The highest BCUT2D eigenvalue weighted by molar-refractivity contribution is 6.42. The topological polar surface area (TPSA) is 84.9 Å². The van der Waals surface area contributed by atoms with E-state index in [4.69, 9.17) is 32.7 Å². The summed E-state index contributed by atoms with van der Waals surface area (Å²) in [4.78, 5) is 36.3. The summed E-state index contributed by atoms with van der Waals surface area (Å²) in [5, 5.41) is 3.37. The largest absolute Gasteiger partial charge is 0.466 e. The molecule has 0 saturated carbocycles. The molecule has 2 rings (SSSR count). The molecule has 0 unspecified atom stereocenters. The van der Waals surface area contributed by atoms with E-state index in [0.29, 0.717) is 15.7 Å². The van der Waals surface area contributed by atoms with E-state index in [0.717, 1.165) is 0 Å². The molecule has 25 heavy (non-hydrogen) atoms. The molecule has 0 bridgehead atoms. The fourth-order valence-corrected chi connectivity index (χ4v) is 2.55. The van der Waals surface area contributed by atoms with Gasteiger partial charge in [-0.1, -0.05) is 23.2 Å². The van der Waals surface area contributed by atoms with Crippen LogP contribution in [0.2, 0.25) is 10.0 Å². The Bertz CT molecular complexity index is 668. The Labute approximate surface area is 155 Å². The Balaban J connectivity index is 1.81. The van der Waals surface area contributed by atoms with Gasteiger partial charge >= 0.3 is 12.1 Å². The number of carbonyl (C=O) groups is 3. The van der Waals surface area contributed by atoms with Crippen molar-refractivity contribution in [2.24, 2.45) is 0 Å². The maximum absolute atomic E-state index is 12.0. The number of nitrogens with one attached hydrogen (secondary N) is 1. The molecule has 1 aliphatic heterocycles. The number of hydrogen-bond donors (Lipinski definition) is 1. The highest BCUT2D eigenvalue weighted by Crippen LogP contribution is 2.29. The summed E-state index contributed by atoms with van der Waals surface area (Å²) in [6.45, 7) is 2.41. The van der Waals surface area contributed by atoms with Gasteiger partial charge in [0.25, 0.3) is 0 Å². The minimum absolute atomic E-state index is 0.0134. The number of esters is 1. The number of halogens is 2. The minimum atomic E-state index is -0.524. The Morgan fingerprint density at radius 2 is 2.08 bits per heavy atom. The predicted octanol–water partition coefficient (Wildman–Crippen LogP) is 2.78. The number of amides is 2. The van der Waals surface area contributed by atoms with Gasteiger partial charge in [-0.3, -0.25) is 14.5 Å². The maximum Gasteiger partial charge on any atom is 0.414 e. The van der Waals surface area contributed by atoms with E-state index < -0.39 is 18.2 Å². The van der Waals surface area contributed by atoms with Gasteiger partial charge in [-0.15, -0.1) is 0 Å². The minimum Gasteiger partial charge on any atom is -0.466 e. The van der Waals surface area contributed by atoms with Gasteiger partial charge in [0.2, 0.25) is 5.91 Å². The number of carbonyl (C=O) groups excluding carboxylic acids is 3. The number of nitrogens with zero attached hydrogens (tertiary/aromatic N) is 1. The fourth-order valence-electron chi connectivity index (χ4n) is 2.26. The van der Waals surface area contributed by atoms with E-state index in [1.807, 2.05) is 0 Å². The molecule has 0 radical (unpaired) electrons. The Kier molecular flexibility index (Phi) is 6.90. The molecule has 0 spiro atoms. The van der Waals surface area contributed by atoms with Crippen LogP contribution >= 0.6 is 23.2 Å².